The van der Waals surface area contributed by atoms with Crippen molar-refractivity contribution in [2.24, 2.45) is 11.3 Å². The van der Waals surface area contributed by atoms with Crippen LogP contribution in [0.3, 0.4) is 0 Å². The van der Waals surface area contributed by atoms with Gasteiger partial charge in [-0.05, 0) is 50.4 Å². The molecule has 15 heavy (non-hydrogen) atoms. The van der Waals surface area contributed by atoms with Crippen LogP contribution < -0.4 is 0 Å². The molecule has 1 saturated carbocycles. The highest BCUT2D eigenvalue weighted by Crippen LogP contribution is 2.53. The Morgan fingerprint density at radius 1 is 1.40 bits per heavy atom. The van der Waals surface area contributed by atoms with Crippen molar-refractivity contribution in [2.45, 2.75) is 65.4 Å². The molecule has 1 heteroatoms. The molecule has 2 aliphatic carbocycles. The van der Waals surface area contributed by atoms with Crippen molar-refractivity contribution in [1.82, 2.24) is 0 Å². The van der Waals surface area contributed by atoms with Gasteiger partial charge in [0.2, 0.25) is 0 Å². The Kier molecular flexibility index (Phi) is 2.94. The van der Waals surface area contributed by atoms with Crippen molar-refractivity contribution in [1.29, 1.82) is 0 Å². The van der Waals surface area contributed by atoms with Gasteiger partial charge in [-0.15, -0.1) is 0 Å². The first kappa shape index (κ1) is 11.2. The average Bonchev–Trinajstić information content (AvgIpc) is 2.17. The molecular formula is C14H24O. The van der Waals surface area contributed by atoms with E-state index in [2.05, 4.69) is 20.8 Å². The molecule has 0 aromatic heterocycles. The third-order valence-electron chi connectivity index (χ3n) is 4.87. The summed E-state index contributed by atoms with van der Waals surface area (Å²) in [5.74, 6) is 0.497. The lowest BCUT2D eigenvalue weighted by molar-refractivity contribution is 0.00273. The van der Waals surface area contributed by atoms with E-state index in [0.717, 1.165) is 19.3 Å². The van der Waals surface area contributed by atoms with E-state index in [0.29, 0.717) is 11.3 Å². The van der Waals surface area contributed by atoms with Crippen LogP contribution in [0.25, 0.3) is 0 Å². The summed E-state index contributed by atoms with van der Waals surface area (Å²) < 4.78 is 0. The molecule has 0 heterocycles. The molecule has 86 valence electrons. The highest BCUT2D eigenvalue weighted by Gasteiger charge is 2.45. The zero-order valence-corrected chi connectivity index (χ0v) is 10.3. The highest BCUT2D eigenvalue weighted by atomic mass is 16.3. The Hall–Kier alpha value is -0.300. The number of aliphatic hydroxyl groups is 1. The SMILES string of the molecule is CC[C@@H]1[C@@H](O)CCC2=C(C)CCCC21C. The summed E-state index contributed by atoms with van der Waals surface area (Å²) in [4.78, 5) is 0. The molecule has 1 nitrogen and oxygen atoms in total. The first-order chi connectivity index (χ1) is 7.09. The van der Waals surface area contributed by atoms with Gasteiger partial charge in [0.05, 0.1) is 6.10 Å². The quantitative estimate of drug-likeness (QED) is 0.652. The van der Waals surface area contributed by atoms with Gasteiger partial charge in [-0.25, -0.2) is 0 Å². The Balaban J connectivity index is 2.38. The largest absolute Gasteiger partial charge is 0.393 e. The highest BCUT2D eigenvalue weighted by molar-refractivity contribution is 5.27. The van der Waals surface area contributed by atoms with Gasteiger partial charge in [-0.1, -0.05) is 31.4 Å². The molecule has 2 rings (SSSR count). The van der Waals surface area contributed by atoms with E-state index >= 15 is 0 Å². The molecule has 0 aromatic rings. The van der Waals surface area contributed by atoms with E-state index in [1.807, 2.05) is 0 Å². The fourth-order valence-electron chi connectivity index (χ4n) is 4.06. The lowest BCUT2D eigenvalue weighted by Crippen LogP contribution is -2.43. The number of hydrogen-bond donors (Lipinski definition) is 1. The van der Waals surface area contributed by atoms with Gasteiger partial charge >= 0.3 is 0 Å². The van der Waals surface area contributed by atoms with Crippen LogP contribution in [0.1, 0.15) is 59.3 Å². The van der Waals surface area contributed by atoms with E-state index < -0.39 is 0 Å². The Labute approximate surface area is 93.6 Å². The minimum atomic E-state index is -0.0605. The standard InChI is InChI=1S/C14H24O/c1-4-11-13(15)8-7-12-10(2)6-5-9-14(11,12)3/h11,13,15H,4-9H2,1-3H3/t11-,13+,14?/m1/s1. The molecule has 2 aliphatic rings. The van der Waals surface area contributed by atoms with Crippen LogP contribution >= 0.6 is 0 Å². The average molecular weight is 208 g/mol. The van der Waals surface area contributed by atoms with Crippen molar-refractivity contribution < 1.29 is 5.11 Å². The number of hydrogen-bond acceptors (Lipinski definition) is 1. The number of rotatable bonds is 1. The van der Waals surface area contributed by atoms with Crippen molar-refractivity contribution in [3.63, 3.8) is 0 Å². The molecule has 0 aromatic carbocycles. The lowest BCUT2D eigenvalue weighted by atomic mass is 9.57. The smallest absolute Gasteiger partial charge is 0.0579 e. The van der Waals surface area contributed by atoms with E-state index in [1.165, 1.54) is 19.3 Å². The van der Waals surface area contributed by atoms with E-state index in [-0.39, 0.29) is 6.10 Å². The van der Waals surface area contributed by atoms with Crippen LogP contribution in [-0.4, -0.2) is 11.2 Å². The van der Waals surface area contributed by atoms with E-state index in [9.17, 15) is 5.11 Å². The summed E-state index contributed by atoms with van der Waals surface area (Å²) in [5.41, 5.74) is 3.62. The third kappa shape index (κ3) is 1.65. The second kappa shape index (κ2) is 3.93. The molecule has 1 unspecified atom stereocenters. The summed E-state index contributed by atoms with van der Waals surface area (Å²) in [6.45, 7) is 6.92. The predicted octanol–water partition coefficient (Wildman–Crippen LogP) is 3.67. The number of aliphatic hydroxyl groups excluding tert-OH is 1. The zero-order chi connectivity index (χ0) is 11.1. The predicted molar refractivity (Wildman–Crippen MR) is 63.7 cm³/mol. The fourth-order valence-corrected chi connectivity index (χ4v) is 4.06. The summed E-state index contributed by atoms with van der Waals surface area (Å²) in [6.07, 6.45) is 7.08. The number of fused-ring (bicyclic) bond motifs is 1. The second-order valence-electron chi connectivity index (χ2n) is 5.65. The summed E-state index contributed by atoms with van der Waals surface area (Å²) >= 11 is 0. The molecule has 0 amide bonds. The Morgan fingerprint density at radius 3 is 2.80 bits per heavy atom. The topological polar surface area (TPSA) is 20.2 Å². The monoisotopic (exact) mass is 208 g/mol. The molecule has 0 aliphatic heterocycles. The van der Waals surface area contributed by atoms with E-state index in [1.54, 1.807) is 11.1 Å². The van der Waals surface area contributed by atoms with Gasteiger partial charge in [0.1, 0.15) is 0 Å². The molecule has 0 radical (unpaired) electrons. The summed E-state index contributed by atoms with van der Waals surface area (Å²) in [6, 6.07) is 0. The Bertz CT molecular complexity index is 279. The second-order valence-corrected chi connectivity index (χ2v) is 5.65. The first-order valence-electron chi connectivity index (χ1n) is 6.46. The van der Waals surface area contributed by atoms with Crippen molar-refractivity contribution in [3.8, 4) is 0 Å². The lowest BCUT2D eigenvalue weighted by Gasteiger charge is -2.49. The normalized spacial score (nSPS) is 41.6. The maximum Gasteiger partial charge on any atom is 0.0579 e. The van der Waals surface area contributed by atoms with E-state index in [4.69, 9.17) is 0 Å². The van der Waals surface area contributed by atoms with Gasteiger partial charge in [0, 0.05) is 0 Å². The van der Waals surface area contributed by atoms with Gasteiger partial charge in [-0.2, -0.15) is 0 Å². The van der Waals surface area contributed by atoms with Gasteiger partial charge in [0.15, 0.2) is 0 Å². The summed E-state index contributed by atoms with van der Waals surface area (Å²) in [5, 5.41) is 10.1. The molecular weight excluding hydrogens is 184 g/mol. The molecule has 1 N–H and O–H groups in total. The van der Waals surface area contributed by atoms with Crippen molar-refractivity contribution >= 4 is 0 Å². The Morgan fingerprint density at radius 2 is 2.13 bits per heavy atom. The van der Waals surface area contributed by atoms with Crippen molar-refractivity contribution in [2.75, 3.05) is 0 Å². The molecule has 0 saturated heterocycles. The minimum Gasteiger partial charge on any atom is -0.393 e. The van der Waals surface area contributed by atoms with Crippen LogP contribution in [0.4, 0.5) is 0 Å². The van der Waals surface area contributed by atoms with Gasteiger partial charge < -0.3 is 5.11 Å². The van der Waals surface area contributed by atoms with Crippen LogP contribution in [0.2, 0.25) is 0 Å². The zero-order valence-electron chi connectivity index (χ0n) is 10.3. The first-order valence-corrected chi connectivity index (χ1v) is 6.46. The summed E-state index contributed by atoms with van der Waals surface area (Å²) in [7, 11) is 0. The van der Waals surface area contributed by atoms with Gasteiger partial charge in [0.25, 0.3) is 0 Å². The fraction of sp³-hybridized carbons (Fsp3) is 0.857. The molecule has 0 spiro atoms. The molecule has 1 fully saturated rings. The number of allylic oxidation sites excluding steroid dienone is 2. The minimum absolute atomic E-state index is 0.0605. The van der Waals surface area contributed by atoms with Gasteiger partial charge in [-0.3, -0.25) is 0 Å². The van der Waals surface area contributed by atoms with Crippen LogP contribution in [0, 0.1) is 11.3 Å². The maximum atomic E-state index is 10.1. The van der Waals surface area contributed by atoms with Crippen LogP contribution in [0.5, 0.6) is 0 Å². The van der Waals surface area contributed by atoms with Crippen LogP contribution in [0.15, 0.2) is 11.1 Å². The molecule has 3 atom stereocenters. The third-order valence-corrected chi connectivity index (χ3v) is 4.87. The molecule has 0 bridgehead atoms. The van der Waals surface area contributed by atoms with Crippen molar-refractivity contribution in [3.05, 3.63) is 11.1 Å². The maximum absolute atomic E-state index is 10.1. The van der Waals surface area contributed by atoms with Crippen LogP contribution in [-0.2, 0) is 0 Å².